The molecule has 8 heteroatoms. The minimum absolute atomic E-state index is 0.133. The summed E-state index contributed by atoms with van der Waals surface area (Å²) >= 11 is 0. The molecule has 0 saturated carbocycles. The first-order chi connectivity index (χ1) is 11.9. The number of sulfonamides is 1. The topological polar surface area (TPSA) is 105 Å². The molecule has 2 rings (SSSR count). The second kappa shape index (κ2) is 8.20. The Labute approximate surface area is 145 Å². The molecule has 2 amide bonds. The molecule has 2 N–H and O–H groups in total. The van der Waals surface area contributed by atoms with Crippen molar-refractivity contribution < 1.29 is 18.0 Å². The number of rotatable bonds is 6. The molecular weight excluding hydrogens is 342 g/mol. The van der Waals surface area contributed by atoms with Gasteiger partial charge in [0.2, 0.25) is 5.91 Å². The number of benzene rings is 1. The van der Waals surface area contributed by atoms with Crippen LogP contribution in [0.25, 0.3) is 6.08 Å². The number of amides is 2. The summed E-state index contributed by atoms with van der Waals surface area (Å²) in [5, 5.41) is 2.41. The first kappa shape index (κ1) is 18.3. The Kier molecular flexibility index (Phi) is 6.02. The molecule has 0 saturated heterocycles. The number of carbonyl (C=O) groups excluding carboxylic acids is 2. The van der Waals surface area contributed by atoms with Crippen molar-refractivity contribution in [3.05, 3.63) is 66.5 Å². The van der Waals surface area contributed by atoms with E-state index in [0.717, 1.165) is 11.8 Å². The fourth-order valence-electron chi connectivity index (χ4n) is 1.85. The first-order valence-corrected chi connectivity index (χ1v) is 8.87. The highest BCUT2D eigenvalue weighted by Crippen LogP contribution is 2.05. The van der Waals surface area contributed by atoms with Gasteiger partial charge in [-0.1, -0.05) is 30.3 Å². The van der Waals surface area contributed by atoms with Crippen molar-refractivity contribution in [2.24, 2.45) is 0 Å². The van der Waals surface area contributed by atoms with Crippen LogP contribution in [-0.4, -0.2) is 31.3 Å². The largest absolute Gasteiger partial charge is 0.341 e. The van der Waals surface area contributed by atoms with Gasteiger partial charge in [-0.15, -0.1) is 0 Å². The van der Waals surface area contributed by atoms with E-state index in [2.05, 4.69) is 10.3 Å². The third kappa shape index (κ3) is 5.54. The van der Waals surface area contributed by atoms with Gasteiger partial charge in [-0.05, 0) is 30.7 Å². The van der Waals surface area contributed by atoms with E-state index in [1.807, 2.05) is 35.1 Å². The van der Waals surface area contributed by atoms with E-state index in [9.17, 15) is 18.0 Å². The van der Waals surface area contributed by atoms with Crippen LogP contribution in [0.3, 0.4) is 0 Å². The van der Waals surface area contributed by atoms with Gasteiger partial charge in [0.05, 0.1) is 0 Å². The van der Waals surface area contributed by atoms with Gasteiger partial charge < -0.3 is 5.32 Å². The summed E-state index contributed by atoms with van der Waals surface area (Å²) in [5.74, 6) is -1.35. The second-order valence-electron chi connectivity index (χ2n) is 5.13. The van der Waals surface area contributed by atoms with Crippen LogP contribution in [0.15, 0.2) is 65.8 Å². The molecule has 0 fully saturated rings. The number of nitrogens with zero attached hydrogens (tertiary/aromatic N) is 1. The number of nitrogens with one attached hydrogen (secondary N) is 2. The predicted molar refractivity (Wildman–Crippen MR) is 92.6 cm³/mol. The second-order valence-corrected chi connectivity index (χ2v) is 6.82. The SMILES string of the molecule is CC(NC(=O)/C=C/c1ccccc1)C(=O)NS(=O)(=O)c1cccnc1. The van der Waals surface area contributed by atoms with Crippen molar-refractivity contribution in [2.75, 3.05) is 0 Å². The molecule has 25 heavy (non-hydrogen) atoms. The zero-order chi connectivity index (χ0) is 18.3. The van der Waals surface area contributed by atoms with Crippen LogP contribution in [0.4, 0.5) is 0 Å². The molecule has 0 aliphatic heterocycles. The van der Waals surface area contributed by atoms with E-state index in [1.165, 1.54) is 31.3 Å². The Bertz CT molecular complexity index is 865. The van der Waals surface area contributed by atoms with Crippen LogP contribution in [0.5, 0.6) is 0 Å². The van der Waals surface area contributed by atoms with Crippen molar-refractivity contribution in [3.8, 4) is 0 Å². The Morgan fingerprint density at radius 3 is 2.48 bits per heavy atom. The first-order valence-electron chi connectivity index (χ1n) is 7.39. The van der Waals surface area contributed by atoms with Gasteiger partial charge in [0.25, 0.3) is 15.9 Å². The van der Waals surface area contributed by atoms with E-state index in [4.69, 9.17) is 0 Å². The van der Waals surface area contributed by atoms with Gasteiger partial charge in [0, 0.05) is 18.5 Å². The fourth-order valence-corrected chi connectivity index (χ4v) is 2.87. The third-order valence-electron chi connectivity index (χ3n) is 3.16. The van der Waals surface area contributed by atoms with Crippen LogP contribution in [0.2, 0.25) is 0 Å². The number of hydrogen-bond acceptors (Lipinski definition) is 5. The maximum Gasteiger partial charge on any atom is 0.265 e. The lowest BCUT2D eigenvalue weighted by Crippen LogP contribution is -2.46. The molecule has 0 aliphatic rings. The van der Waals surface area contributed by atoms with Crippen molar-refractivity contribution >= 4 is 27.9 Å². The molecular formula is C17H17N3O4S. The van der Waals surface area contributed by atoms with Crippen molar-refractivity contribution in [3.63, 3.8) is 0 Å². The summed E-state index contributed by atoms with van der Waals surface area (Å²) in [7, 11) is -4.03. The third-order valence-corrected chi connectivity index (χ3v) is 4.49. The van der Waals surface area contributed by atoms with Gasteiger partial charge >= 0.3 is 0 Å². The quantitative estimate of drug-likeness (QED) is 0.752. The minimum atomic E-state index is -4.03. The number of aromatic nitrogens is 1. The highest BCUT2D eigenvalue weighted by molar-refractivity contribution is 7.90. The average molecular weight is 359 g/mol. The maximum atomic E-state index is 12.0. The molecule has 1 aromatic heterocycles. The standard InChI is InChI=1S/C17H17N3O4S/c1-13(19-16(21)10-9-14-6-3-2-4-7-14)17(22)20-25(23,24)15-8-5-11-18-12-15/h2-13H,1H3,(H,19,21)(H,20,22)/b10-9+. The highest BCUT2D eigenvalue weighted by Gasteiger charge is 2.22. The summed E-state index contributed by atoms with van der Waals surface area (Å²) in [6.07, 6.45) is 5.41. The van der Waals surface area contributed by atoms with Crippen molar-refractivity contribution in [2.45, 2.75) is 17.9 Å². The zero-order valence-electron chi connectivity index (χ0n) is 13.4. The number of hydrogen-bond donors (Lipinski definition) is 2. The van der Waals surface area contributed by atoms with Crippen LogP contribution >= 0.6 is 0 Å². The van der Waals surface area contributed by atoms with Gasteiger partial charge in [0.1, 0.15) is 10.9 Å². The van der Waals surface area contributed by atoms with E-state index in [1.54, 1.807) is 6.08 Å². The molecule has 0 aliphatic carbocycles. The number of carbonyl (C=O) groups is 2. The summed E-state index contributed by atoms with van der Waals surface area (Å²) in [6, 6.07) is 10.9. The van der Waals surface area contributed by atoms with E-state index >= 15 is 0 Å². The number of pyridine rings is 1. The van der Waals surface area contributed by atoms with E-state index in [-0.39, 0.29) is 4.90 Å². The Morgan fingerprint density at radius 2 is 1.84 bits per heavy atom. The van der Waals surface area contributed by atoms with Crippen LogP contribution in [0.1, 0.15) is 12.5 Å². The molecule has 0 bridgehead atoms. The van der Waals surface area contributed by atoms with Gasteiger partial charge in [0.15, 0.2) is 0 Å². The summed E-state index contributed by atoms with van der Waals surface area (Å²) < 4.78 is 26.0. The summed E-state index contributed by atoms with van der Waals surface area (Å²) in [5.41, 5.74) is 0.828. The molecule has 0 radical (unpaired) electrons. The monoisotopic (exact) mass is 359 g/mol. The van der Waals surface area contributed by atoms with E-state index < -0.39 is 27.9 Å². The summed E-state index contributed by atoms with van der Waals surface area (Å²) in [6.45, 7) is 1.39. The van der Waals surface area contributed by atoms with Crippen molar-refractivity contribution in [1.29, 1.82) is 0 Å². The maximum absolute atomic E-state index is 12.0. The molecule has 7 nitrogen and oxygen atoms in total. The van der Waals surface area contributed by atoms with Gasteiger partial charge in [-0.3, -0.25) is 14.6 Å². The molecule has 130 valence electrons. The lowest BCUT2D eigenvalue weighted by atomic mass is 10.2. The lowest BCUT2D eigenvalue weighted by Gasteiger charge is -2.13. The van der Waals surface area contributed by atoms with Gasteiger partial charge in [-0.2, -0.15) is 0 Å². The molecule has 0 spiro atoms. The lowest BCUT2D eigenvalue weighted by molar-refractivity contribution is -0.125. The molecule has 2 aromatic rings. The summed E-state index contributed by atoms with van der Waals surface area (Å²) in [4.78, 5) is 27.4. The predicted octanol–water partition coefficient (Wildman–Crippen LogP) is 1.10. The fraction of sp³-hybridized carbons (Fsp3) is 0.118. The molecule has 1 aromatic carbocycles. The Morgan fingerprint density at radius 1 is 1.12 bits per heavy atom. The van der Waals surface area contributed by atoms with Crippen LogP contribution in [0, 0.1) is 0 Å². The molecule has 1 heterocycles. The minimum Gasteiger partial charge on any atom is -0.341 e. The zero-order valence-corrected chi connectivity index (χ0v) is 14.2. The molecule has 1 atom stereocenters. The van der Waals surface area contributed by atoms with Crippen LogP contribution in [-0.2, 0) is 19.6 Å². The molecule has 1 unspecified atom stereocenters. The smallest absolute Gasteiger partial charge is 0.265 e. The average Bonchev–Trinajstić information content (AvgIpc) is 2.61. The van der Waals surface area contributed by atoms with E-state index in [0.29, 0.717) is 0 Å². The van der Waals surface area contributed by atoms with Crippen molar-refractivity contribution in [1.82, 2.24) is 15.0 Å². The highest BCUT2D eigenvalue weighted by atomic mass is 32.2. The Balaban J connectivity index is 1.94. The Hall–Kier alpha value is -3.00. The van der Waals surface area contributed by atoms with Gasteiger partial charge in [-0.25, -0.2) is 13.1 Å². The van der Waals surface area contributed by atoms with Crippen LogP contribution < -0.4 is 10.0 Å². The normalized spacial score (nSPS) is 12.5.